The zero-order valence-corrected chi connectivity index (χ0v) is 16.2. The van der Waals surface area contributed by atoms with Crippen molar-refractivity contribution in [2.24, 2.45) is 0 Å². The number of hydrogen-bond acceptors (Lipinski definition) is 4. The van der Waals surface area contributed by atoms with Crippen LogP contribution in [0.25, 0.3) is 10.9 Å². The van der Waals surface area contributed by atoms with Gasteiger partial charge in [-0.1, -0.05) is 24.3 Å². The molecule has 146 valence electrons. The third kappa shape index (κ3) is 4.08. The second kappa shape index (κ2) is 8.54. The predicted molar refractivity (Wildman–Crippen MR) is 109 cm³/mol. The van der Waals surface area contributed by atoms with E-state index in [0.29, 0.717) is 12.6 Å². The Bertz CT molecular complexity index is 932. The van der Waals surface area contributed by atoms with Gasteiger partial charge in [0.1, 0.15) is 0 Å². The maximum atomic E-state index is 12.8. The Morgan fingerprint density at radius 1 is 1.18 bits per heavy atom. The molecular formula is C22H26N4O2. The molecule has 0 aliphatic carbocycles. The Kier molecular flexibility index (Phi) is 5.69. The van der Waals surface area contributed by atoms with Gasteiger partial charge in [0.05, 0.1) is 11.7 Å². The molecular weight excluding hydrogens is 352 g/mol. The van der Waals surface area contributed by atoms with Gasteiger partial charge in [0.15, 0.2) is 0 Å². The van der Waals surface area contributed by atoms with Crippen LogP contribution in [0, 0.1) is 0 Å². The molecule has 1 aromatic carbocycles. The fraction of sp³-hybridized carbons (Fsp3) is 0.364. The highest BCUT2D eigenvalue weighted by molar-refractivity contribution is 6.07. The number of hydrogen-bond donors (Lipinski definition) is 1. The van der Waals surface area contributed by atoms with E-state index in [2.05, 4.69) is 25.8 Å². The van der Waals surface area contributed by atoms with Crippen LogP contribution in [0.3, 0.4) is 0 Å². The van der Waals surface area contributed by atoms with Crippen LogP contribution in [-0.4, -0.2) is 59.8 Å². The molecule has 4 rings (SSSR count). The summed E-state index contributed by atoms with van der Waals surface area (Å²) < 4.78 is 7.52. The number of nitrogens with one attached hydrogen (secondary N) is 1. The topological polar surface area (TPSA) is 59.4 Å². The molecule has 1 amide bonds. The Balaban J connectivity index is 1.41. The number of fused-ring (bicyclic) bond motifs is 1. The molecule has 1 saturated heterocycles. The van der Waals surface area contributed by atoms with E-state index in [1.54, 1.807) is 13.3 Å². The van der Waals surface area contributed by atoms with Crippen LogP contribution in [0.4, 0.5) is 0 Å². The Labute approximate surface area is 165 Å². The van der Waals surface area contributed by atoms with Crippen LogP contribution in [-0.2, 0) is 17.7 Å². The lowest BCUT2D eigenvalue weighted by Crippen LogP contribution is -2.52. The lowest BCUT2D eigenvalue weighted by Gasteiger charge is -2.38. The summed E-state index contributed by atoms with van der Waals surface area (Å²) in [4.78, 5) is 19.4. The van der Waals surface area contributed by atoms with E-state index in [-0.39, 0.29) is 5.91 Å². The number of nitrogens with zero attached hydrogens (tertiary/aromatic N) is 3. The molecule has 0 spiro atoms. The van der Waals surface area contributed by atoms with Gasteiger partial charge in [0.25, 0.3) is 5.91 Å². The van der Waals surface area contributed by atoms with Crippen LogP contribution in [0.1, 0.15) is 16.1 Å². The maximum absolute atomic E-state index is 12.8. The minimum absolute atomic E-state index is 0.0331. The monoisotopic (exact) mass is 378 g/mol. The molecule has 6 nitrogen and oxygen atoms in total. The summed E-state index contributed by atoms with van der Waals surface area (Å²) in [6.07, 6.45) is 4.84. The number of carbonyl (C=O) groups is 1. The first kappa shape index (κ1) is 18.7. The first-order valence-electron chi connectivity index (χ1n) is 9.75. The molecule has 1 aliphatic heterocycles. The van der Waals surface area contributed by atoms with Gasteiger partial charge in [0, 0.05) is 75.2 Å². The molecule has 0 bridgehead atoms. The van der Waals surface area contributed by atoms with Crippen LogP contribution < -0.4 is 5.32 Å². The van der Waals surface area contributed by atoms with Crippen molar-refractivity contribution < 1.29 is 9.53 Å². The van der Waals surface area contributed by atoms with Crippen LogP contribution in [0.5, 0.6) is 0 Å². The van der Waals surface area contributed by atoms with E-state index < -0.39 is 0 Å². The second-order valence-electron chi connectivity index (χ2n) is 7.20. The van der Waals surface area contributed by atoms with E-state index in [9.17, 15) is 4.79 Å². The summed E-state index contributed by atoms with van der Waals surface area (Å²) in [6.45, 7) is 4.35. The van der Waals surface area contributed by atoms with Gasteiger partial charge in [-0.15, -0.1) is 0 Å². The number of para-hydroxylation sites is 1. The van der Waals surface area contributed by atoms with E-state index in [1.165, 1.54) is 0 Å². The summed E-state index contributed by atoms with van der Waals surface area (Å²) in [7, 11) is 1.76. The number of pyridine rings is 1. The Hall–Kier alpha value is -2.70. The van der Waals surface area contributed by atoms with Gasteiger partial charge >= 0.3 is 0 Å². The van der Waals surface area contributed by atoms with Gasteiger partial charge in [-0.05, 0) is 18.2 Å². The van der Waals surface area contributed by atoms with Gasteiger partial charge < -0.3 is 14.6 Å². The molecule has 6 heteroatoms. The standard InChI is InChI=1S/C22H26N4O2/c1-28-18-14-25(15-18)12-13-26-16-20(19-7-2-3-8-21(19)26)22(27)24-11-9-17-6-4-5-10-23-17/h2-8,10,16,18H,9,11-15H2,1H3,(H,24,27). The first-order chi connectivity index (χ1) is 13.7. The second-order valence-corrected chi connectivity index (χ2v) is 7.20. The summed E-state index contributed by atoms with van der Waals surface area (Å²) in [5.41, 5.74) is 2.81. The fourth-order valence-corrected chi connectivity index (χ4v) is 3.66. The van der Waals surface area contributed by atoms with Crippen molar-refractivity contribution in [3.63, 3.8) is 0 Å². The van der Waals surface area contributed by atoms with Crippen molar-refractivity contribution in [3.8, 4) is 0 Å². The lowest BCUT2D eigenvalue weighted by molar-refractivity contribution is -0.0302. The summed E-state index contributed by atoms with van der Waals surface area (Å²) in [5.74, 6) is -0.0331. The Morgan fingerprint density at radius 3 is 2.79 bits per heavy atom. The van der Waals surface area contributed by atoms with Gasteiger partial charge in [-0.3, -0.25) is 14.7 Å². The minimum atomic E-state index is -0.0331. The largest absolute Gasteiger partial charge is 0.379 e. The summed E-state index contributed by atoms with van der Waals surface area (Å²) in [6, 6.07) is 13.9. The lowest BCUT2D eigenvalue weighted by atomic mass is 10.1. The fourth-order valence-electron chi connectivity index (χ4n) is 3.66. The zero-order chi connectivity index (χ0) is 19.3. The highest BCUT2D eigenvalue weighted by Gasteiger charge is 2.26. The van der Waals surface area contributed by atoms with E-state index in [4.69, 9.17) is 4.74 Å². The van der Waals surface area contributed by atoms with Crippen molar-refractivity contribution in [2.75, 3.05) is 33.3 Å². The highest BCUT2D eigenvalue weighted by atomic mass is 16.5. The normalized spacial score (nSPS) is 14.9. The van der Waals surface area contributed by atoms with Gasteiger partial charge in [-0.2, -0.15) is 0 Å². The summed E-state index contributed by atoms with van der Waals surface area (Å²) >= 11 is 0. The number of ether oxygens (including phenoxy) is 1. The number of likely N-dealkylation sites (tertiary alicyclic amines) is 1. The number of carbonyl (C=O) groups excluding carboxylic acids is 1. The Morgan fingerprint density at radius 2 is 2.00 bits per heavy atom. The molecule has 1 N–H and O–H groups in total. The third-order valence-electron chi connectivity index (χ3n) is 5.34. The van der Waals surface area contributed by atoms with Crippen LogP contribution in [0.2, 0.25) is 0 Å². The average molecular weight is 378 g/mol. The smallest absolute Gasteiger partial charge is 0.253 e. The highest BCUT2D eigenvalue weighted by Crippen LogP contribution is 2.22. The molecule has 3 heterocycles. The van der Waals surface area contributed by atoms with Crippen molar-refractivity contribution in [1.29, 1.82) is 0 Å². The van der Waals surface area contributed by atoms with Crippen LogP contribution >= 0.6 is 0 Å². The minimum Gasteiger partial charge on any atom is -0.379 e. The number of benzene rings is 1. The number of amides is 1. The van der Waals surface area contributed by atoms with E-state index in [1.807, 2.05) is 42.6 Å². The summed E-state index contributed by atoms with van der Waals surface area (Å²) in [5, 5.41) is 4.03. The van der Waals surface area contributed by atoms with Crippen LogP contribution in [0.15, 0.2) is 54.9 Å². The predicted octanol–water partition coefficient (Wildman–Crippen LogP) is 2.34. The molecule has 3 aromatic rings. The molecule has 0 radical (unpaired) electrons. The first-order valence-corrected chi connectivity index (χ1v) is 9.75. The molecule has 0 atom stereocenters. The van der Waals surface area contributed by atoms with Crippen molar-refractivity contribution in [3.05, 3.63) is 66.1 Å². The van der Waals surface area contributed by atoms with Crippen molar-refractivity contribution in [1.82, 2.24) is 19.8 Å². The van der Waals surface area contributed by atoms with Crippen molar-refractivity contribution in [2.45, 2.75) is 19.1 Å². The zero-order valence-electron chi connectivity index (χ0n) is 16.2. The molecule has 2 aromatic heterocycles. The molecule has 28 heavy (non-hydrogen) atoms. The van der Waals surface area contributed by atoms with E-state index in [0.717, 1.165) is 54.8 Å². The SMILES string of the molecule is COC1CN(CCn2cc(C(=O)NCCc3ccccn3)c3ccccc32)C1. The van der Waals surface area contributed by atoms with E-state index >= 15 is 0 Å². The third-order valence-corrected chi connectivity index (χ3v) is 5.34. The average Bonchev–Trinajstić information content (AvgIpc) is 3.07. The van der Waals surface area contributed by atoms with Gasteiger partial charge in [0.2, 0.25) is 0 Å². The molecule has 0 unspecified atom stereocenters. The van der Waals surface area contributed by atoms with Gasteiger partial charge in [-0.25, -0.2) is 0 Å². The molecule has 0 saturated carbocycles. The molecule has 1 aliphatic rings. The number of rotatable bonds is 8. The molecule has 1 fully saturated rings. The van der Waals surface area contributed by atoms with Crippen molar-refractivity contribution >= 4 is 16.8 Å². The number of aromatic nitrogens is 2. The quantitative estimate of drug-likeness (QED) is 0.654. The number of methoxy groups -OCH3 is 1. The maximum Gasteiger partial charge on any atom is 0.253 e.